The van der Waals surface area contributed by atoms with Crippen molar-refractivity contribution in [1.82, 2.24) is 19.7 Å². The zero-order chi connectivity index (χ0) is 12.3. The summed E-state index contributed by atoms with van der Waals surface area (Å²) in [6.07, 6.45) is 4.95. The molecule has 0 atom stereocenters. The minimum absolute atomic E-state index is 0.177. The van der Waals surface area contributed by atoms with Crippen LogP contribution in [0.15, 0.2) is 23.5 Å². The van der Waals surface area contributed by atoms with Gasteiger partial charge in [0.05, 0.1) is 19.6 Å². The van der Waals surface area contributed by atoms with Gasteiger partial charge in [0.2, 0.25) is 5.75 Å². The Hall–Kier alpha value is -2.31. The van der Waals surface area contributed by atoms with Gasteiger partial charge in [0.25, 0.3) is 5.56 Å². The molecule has 0 bridgehead atoms. The van der Waals surface area contributed by atoms with E-state index >= 15 is 0 Å². The lowest BCUT2D eigenvalue weighted by Gasteiger charge is -2.07. The van der Waals surface area contributed by atoms with Crippen molar-refractivity contribution in [2.24, 2.45) is 7.05 Å². The van der Waals surface area contributed by atoms with Crippen molar-refractivity contribution in [2.75, 3.05) is 12.4 Å². The van der Waals surface area contributed by atoms with Crippen LogP contribution in [0.2, 0.25) is 0 Å². The van der Waals surface area contributed by atoms with Gasteiger partial charge in [-0.15, -0.1) is 0 Å². The van der Waals surface area contributed by atoms with E-state index in [1.165, 1.54) is 13.4 Å². The van der Waals surface area contributed by atoms with Gasteiger partial charge in [0.15, 0.2) is 5.82 Å². The van der Waals surface area contributed by atoms with E-state index < -0.39 is 0 Å². The Morgan fingerprint density at radius 1 is 1.59 bits per heavy atom. The summed E-state index contributed by atoms with van der Waals surface area (Å²) in [7, 11) is 3.27. The fourth-order valence-electron chi connectivity index (χ4n) is 1.45. The zero-order valence-electron chi connectivity index (χ0n) is 9.60. The van der Waals surface area contributed by atoms with Crippen LogP contribution in [-0.4, -0.2) is 26.9 Å². The first kappa shape index (κ1) is 11.2. The molecular weight excluding hydrogens is 222 g/mol. The lowest BCUT2D eigenvalue weighted by atomic mass is 10.3. The molecule has 0 spiro atoms. The van der Waals surface area contributed by atoms with Gasteiger partial charge in [-0.1, -0.05) is 0 Å². The lowest BCUT2D eigenvalue weighted by molar-refractivity contribution is 0.408. The van der Waals surface area contributed by atoms with Crippen LogP contribution < -0.4 is 15.6 Å². The topological polar surface area (TPSA) is 84.8 Å². The third-order valence-electron chi connectivity index (χ3n) is 2.23. The molecule has 0 aliphatic rings. The van der Waals surface area contributed by atoms with Crippen LogP contribution in [0.1, 0.15) is 5.56 Å². The quantitative estimate of drug-likeness (QED) is 0.786. The Bertz CT molecular complexity index is 560. The molecule has 0 aromatic carbocycles. The van der Waals surface area contributed by atoms with Crippen molar-refractivity contribution in [3.63, 3.8) is 0 Å². The summed E-state index contributed by atoms with van der Waals surface area (Å²) in [4.78, 5) is 17.9. The third kappa shape index (κ3) is 2.44. The van der Waals surface area contributed by atoms with Gasteiger partial charge in [-0.2, -0.15) is 5.10 Å². The summed E-state index contributed by atoms with van der Waals surface area (Å²) in [6.45, 7) is 0.528. The molecule has 0 fully saturated rings. The maximum atomic E-state index is 11.4. The van der Waals surface area contributed by atoms with Gasteiger partial charge in [0.1, 0.15) is 0 Å². The number of aryl methyl sites for hydroxylation is 1. The molecule has 0 unspecified atom stereocenters. The number of aromatic nitrogens is 4. The van der Waals surface area contributed by atoms with E-state index in [-0.39, 0.29) is 11.3 Å². The second-order valence-corrected chi connectivity index (χ2v) is 3.49. The predicted octanol–water partition coefficient (Wildman–Crippen LogP) is 0.124. The Morgan fingerprint density at radius 3 is 3.06 bits per heavy atom. The van der Waals surface area contributed by atoms with E-state index in [0.29, 0.717) is 12.4 Å². The molecule has 7 nitrogen and oxygen atoms in total. The molecule has 0 saturated carbocycles. The monoisotopic (exact) mass is 235 g/mol. The smallest absolute Gasteiger partial charge is 0.295 e. The molecule has 2 heterocycles. The minimum atomic E-state index is -0.309. The Morgan fingerprint density at radius 2 is 2.41 bits per heavy atom. The lowest BCUT2D eigenvalue weighted by Crippen LogP contribution is -2.13. The molecule has 2 aromatic heterocycles. The molecular formula is C10H13N5O2. The van der Waals surface area contributed by atoms with E-state index in [2.05, 4.69) is 20.4 Å². The maximum Gasteiger partial charge on any atom is 0.295 e. The summed E-state index contributed by atoms with van der Waals surface area (Å²) in [5.41, 5.74) is 0.688. The zero-order valence-corrected chi connectivity index (χ0v) is 9.60. The molecule has 0 aliphatic carbocycles. The molecule has 7 heteroatoms. The average Bonchev–Trinajstić information content (AvgIpc) is 2.72. The van der Waals surface area contributed by atoms with E-state index in [4.69, 9.17) is 4.74 Å². The molecule has 0 saturated heterocycles. The summed E-state index contributed by atoms with van der Waals surface area (Å²) in [5.74, 6) is 0.594. The van der Waals surface area contributed by atoms with Crippen LogP contribution in [-0.2, 0) is 13.6 Å². The van der Waals surface area contributed by atoms with Crippen molar-refractivity contribution in [1.29, 1.82) is 0 Å². The number of anilines is 1. The van der Waals surface area contributed by atoms with E-state index in [9.17, 15) is 4.79 Å². The van der Waals surface area contributed by atoms with Gasteiger partial charge >= 0.3 is 0 Å². The molecule has 2 N–H and O–H groups in total. The second-order valence-electron chi connectivity index (χ2n) is 3.49. The highest BCUT2D eigenvalue weighted by molar-refractivity contribution is 5.48. The number of aromatic amines is 1. The Balaban J connectivity index is 2.14. The average molecular weight is 235 g/mol. The first-order chi connectivity index (χ1) is 8.20. The van der Waals surface area contributed by atoms with Gasteiger partial charge < -0.3 is 15.0 Å². The van der Waals surface area contributed by atoms with E-state index in [1.54, 1.807) is 10.9 Å². The van der Waals surface area contributed by atoms with Gasteiger partial charge in [0, 0.05) is 25.4 Å². The summed E-state index contributed by atoms with van der Waals surface area (Å²) < 4.78 is 6.69. The summed E-state index contributed by atoms with van der Waals surface area (Å²) in [6, 6.07) is 0. The highest BCUT2D eigenvalue weighted by atomic mass is 16.5. The van der Waals surface area contributed by atoms with Crippen LogP contribution in [0.3, 0.4) is 0 Å². The van der Waals surface area contributed by atoms with E-state index in [1.807, 2.05) is 13.2 Å². The van der Waals surface area contributed by atoms with Gasteiger partial charge in [-0.05, 0) is 0 Å². The number of hydrogen-bond acceptors (Lipinski definition) is 5. The number of methoxy groups -OCH3 is 1. The molecule has 90 valence electrons. The van der Waals surface area contributed by atoms with Crippen molar-refractivity contribution in [2.45, 2.75) is 6.54 Å². The van der Waals surface area contributed by atoms with Crippen molar-refractivity contribution >= 4 is 5.82 Å². The molecule has 17 heavy (non-hydrogen) atoms. The fraction of sp³-hybridized carbons (Fsp3) is 0.300. The first-order valence-electron chi connectivity index (χ1n) is 5.04. The summed E-state index contributed by atoms with van der Waals surface area (Å²) in [5, 5.41) is 7.07. The fourth-order valence-corrected chi connectivity index (χ4v) is 1.45. The standard InChI is InChI=1S/C10H13N5O2/c1-15-5-7(4-14-15)3-11-9-8(17-2)10(16)13-6-12-9/h4-6H,3H2,1-2H3,(H2,11,12,13,16). The first-order valence-corrected chi connectivity index (χ1v) is 5.04. The van der Waals surface area contributed by atoms with Crippen LogP contribution in [0.4, 0.5) is 5.82 Å². The molecule has 0 radical (unpaired) electrons. The number of rotatable bonds is 4. The summed E-state index contributed by atoms with van der Waals surface area (Å²) >= 11 is 0. The van der Waals surface area contributed by atoms with Crippen molar-refractivity contribution in [3.8, 4) is 5.75 Å². The molecule has 2 aromatic rings. The van der Waals surface area contributed by atoms with Crippen LogP contribution in [0.25, 0.3) is 0 Å². The number of hydrogen-bond donors (Lipinski definition) is 2. The Labute approximate surface area is 97.5 Å². The molecule has 0 aliphatic heterocycles. The predicted molar refractivity (Wildman–Crippen MR) is 61.9 cm³/mol. The van der Waals surface area contributed by atoms with Gasteiger partial charge in [-0.25, -0.2) is 4.98 Å². The SMILES string of the molecule is COc1c(NCc2cnn(C)c2)nc[nH]c1=O. The second kappa shape index (κ2) is 4.69. The largest absolute Gasteiger partial charge is 0.489 e. The number of nitrogens with one attached hydrogen (secondary N) is 2. The third-order valence-corrected chi connectivity index (χ3v) is 2.23. The normalized spacial score (nSPS) is 10.2. The van der Waals surface area contributed by atoms with Crippen LogP contribution in [0.5, 0.6) is 5.75 Å². The van der Waals surface area contributed by atoms with Gasteiger partial charge in [-0.3, -0.25) is 9.48 Å². The maximum absolute atomic E-state index is 11.4. The minimum Gasteiger partial charge on any atom is -0.489 e. The molecule has 0 amide bonds. The molecule has 2 rings (SSSR count). The van der Waals surface area contributed by atoms with Crippen molar-refractivity contribution in [3.05, 3.63) is 34.6 Å². The number of ether oxygens (including phenoxy) is 1. The highest BCUT2D eigenvalue weighted by Crippen LogP contribution is 2.15. The van der Waals surface area contributed by atoms with Crippen LogP contribution in [0, 0.1) is 0 Å². The highest BCUT2D eigenvalue weighted by Gasteiger charge is 2.08. The van der Waals surface area contributed by atoms with Crippen molar-refractivity contribution < 1.29 is 4.74 Å². The van der Waals surface area contributed by atoms with Crippen LogP contribution >= 0.6 is 0 Å². The number of H-pyrrole nitrogens is 1. The number of nitrogens with zero attached hydrogens (tertiary/aromatic N) is 3. The van der Waals surface area contributed by atoms with E-state index in [0.717, 1.165) is 5.56 Å². The Kier molecular flexibility index (Phi) is 3.08.